The predicted octanol–water partition coefficient (Wildman–Crippen LogP) is 1.66. The average Bonchev–Trinajstić information content (AvgIpc) is 3.41. The summed E-state index contributed by atoms with van der Waals surface area (Å²) in [5.41, 5.74) is 1.45. The summed E-state index contributed by atoms with van der Waals surface area (Å²) in [4.78, 5) is 34.4. The molecule has 1 saturated carbocycles. The molecule has 0 bridgehead atoms. The van der Waals surface area contributed by atoms with Gasteiger partial charge in [0.05, 0.1) is 7.11 Å². The van der Waals surface area contributed by atoms with E-state index in [0.29, 0.717) is 24.6 Å². The summed E-state index contributed by atoms with van der Waals surface area (Å²) in [6, 6.07) is 7.41. The minimum Gasteiger partial charge on any atom is -0.469 e. The normalized spacial score (nSPS) is 13.5. The lowest BCUT2D eigenvalue weighted by molar-refractivity contribution is -0.140. The number of amides is 2. The lowest BCUT2D eigenvalue weighted by Gasteiger charge is -2.03. The minimum atomic E-state index is -0.286. The van der Waals surface area contributed by atoms with Gasteiger partial charge in [0, 0.05) is 30.6 Å². The molecular weight excluding hydrogens is 308 g/mol. The second-order valence-electron chi connectivity index (χ2n) is 5.67. The molecule has 1 aliphatic rings. The van der Waals surface area contributed by atoms with Gasteiger partial charge in [-0.25, -0.2) is 0 Å². The zero-order valence-electron chi connectivity index (χ0n) is 13.7. The van der Waals surface area contributed by atoms with Crippen LogP contribution in [0, 0.1) is 0 Å². The van der Waals surface area contributed by atoms with Crippen LogP contribution in [0.1, 0.15) is 41.6 Å². The standard InChI is InChI=1S/C18H22N2O4/c1-24-17(22)3-2-12-19-16(21)11-6-13-4-7-14(8-5-13)18(23)20-15-9-10-15/h4-8,11,15H,2-3,9-10,12H2,1H3,(H,19,21)(H,20,23)/b11-6+. The maximum absolute atomic E-state index is 11.9. The van der Waals surface area contributed by atoms with Crippen molar-refractivity contribution in [1.82, 2.24) is 10.6 Å². The van der Waals surface area contributed by atoms with Crippen molar-refractivity contribution in [3.63, 3.8) is 0 Å². The SMILES string of the molecule is COC(=O)CCCNC(=O)/C=C/c1ccc(C(=O)NC2CC2)cc1. The molecule has 6 nitrogen and oxygen atoms in total. The molecule has 0 aromatic heterocycles. The van der Waals surface area contributed by atoms with Crippen LogP contribution in [0.2, 0.25) is 0 Å². The van der Waals surface area contributed by atoms with Gasteiger partial charge in [0.2, 0.25) is 5.91 Å². The van der Waals surface area contributed by atoms with Crippen molar-refractivity contribution >= 4 is 23.9 Å². The third-order valence-electron chi connectivity index (χ3n) is 3.60. The Labute approximate surface area is 141 Å². The average molecular weight is 330 g/mol. The number of carbonyl (C=O) groups is 3. The molecule has 0 aliphatic heterocycles. The molecule has 1 fully saturated rings. The van der Waals surface area contributed by atoms with E-state index in [1.807, 2.05) is 0 Å². The maximum Gasteiger partial charge on any atom is 0.305 e. The quantitative estimate of drug-likeness (QED) is 0.431. The van der Waals surface area contributed by atoms with E-state index >= 15 is 0 Å². The molecule has 24 heavy (non-hydrogen) atoms. The number of nitrogens with one attached hydrogen (secondary N) is 2. The van der Waals surface area contributed by atoms with E-state index < -0.39 is 0 Å². The highest BCUT2D eigenvalue weighted by Crippen LogP contribution is 2.19. The van der Waals surface area contributed by atoms with Crippen LogP contribution in [0.15, 0.2) is 30.3 Å². The highest BCUT2D eigenvalue weighted by Gasteiger charge is 2.23. The second-order valence-corrected chi connectivity index (χ2v) is 5.67. The molecule has 6 heteroatoms. The Morgan fingerprint density at radius 1 is 1.21 bits per heavy atom. The van der Waals surface area contributed by atoms with Gasteiger partial charge in [-0.05, 0) is 43.0 Å². The number of methoxy groups -OCH3 is 1. The first-order chi connectivity index (χ1) is 11.6. The first-order valence-electron chi connectivity index (χ1n) is 8.02. The van der Waals surface area contributed by atoms with Crippen molar-refractivity contribution in [1.29, 1.82) is 0 Å². The fraction of sp³-hybridized carbons (Fsp3) is 0.389. The zero-order valence-corrected chi connectivity index (χ0v) is 13.7. The molecule has 2 amide bonds. The van der Waals surface area contributed by atoms with Crippen molar-refractivity contribution < 1.29 is 19.1 Å². The van der Waals surface area contributed by atoms with Crippen LogP contribution in [0.3, 0.4) is 0 Å². The minimum absolute atomic E-state index is 0.0589. The molecule has 2 rings (SSSR count). The molecule has 0 heterocycles. The molecule has 1 aromatic rings. The summed E-state index contributed by atoms with van der Waals surface area (Å²) >= 11 is 0. The number of carbonyl (C=O) groups excluding carboxylic acids is 3. The Hall–Kier alpha value is -2.63. The van der Waals surface area contributed by atoms with E-state index in [4.69, 9.17) is 0 Å². The van der Waals surface area contributed by atoms with Crippen molar-refractivity contribution in [2.75, 3.05) is 13.7 Å². The van der Waals surface area contributed by atoms with Crippen LogP contribution in [-0.2, 0) is 14.3 Å². The molecule has 2 N–H and O–H groups in total. The number of hydrogen-bond donors (Lipinski definition) is 2. The van der Waals surface area contributed by atoms with Crippen LogP contribution in [0.25, 0.3) is 6.08 Å². The summed E-state index contributed by atoms with van der Waals surface area (Å²) in [6.07, 6.45) is 6.04. The molecule has 128 valence electrons. The fourth-order valence-electron chi connectivity index (χ4n) is 2.02. The van der Waals surface area contributed by atoms with Gasteiger partial charge >= 0.3 is 5.97 Å². The van der Waals surface area contributed by atoms with E-state index in [0.717, 1.165) is 18.4 Å². The molecular formula is C18H22N2O4. The number of ether oxygens (including phenoxy) is 1. The van der Waals surface area contributed by atoms with Crippen LogP contribution < -0.4 is 10.6 Å². The van der Waals surface area contributed by atoms with Crippen LogP contribution in [0.5, 0.6) is 0 Å². The van der Waals surface area contributed by atoms with Crippen molar-refractivity contribution in [3.05, 3.63) is 41.5 Å². The monoisotopic (exact) mass is 330 g/mol. The second kappa shape index (κ2) is 8.86. The van der Waals surface area contributed by atoms with Crippen molar-refractivity contribution in [3.8, 4) is 0 Å². The van der Waals surface area contributed by atoms with Gasteiger partial charge in [0.15, 0.2) is 0 Å². The molecule has 1 aromatic carbocycles. The highest BCUT2D eigenvalue weighted by atomic mass is 16.5. The van der Waals surface area contributed by atoms with Gasteiger partial charge in [-0.1, -0.05) is 12.1 Å². The summed E-state index contributed by atoms with van der Waals surface area (Å²) in [5, 5.41) is 5.62. The topological polar surface area (TPSA) is 84.5 Å². The molecule has 0 atom stereocenters. The largest absolute Gasteiger partial charge is 0.469 e. The Kier molecular flexibility index (Phi) is 6.54. The van der Waals surface area contributed by atoms with E-state index in [2.05, 4.69) is 15.4 Å². The van der Waals surface area contributed by atoms with E-state index in [1.54, 1.807) is 30.3 Å². The first kappa shape index (κ1) is 17.7. The molecule has 0 spiro atoms. The summed E-state index contributed by atoms with van der Waals surface area (Å²) in [5.74, 6) is -0.572. The summed E-state index contributed by atoms with van der Waals surface area (Å²) in [6.45, 7) is 0.415. The predicted molar refractivity (Wildman–Crippen MR) is 90.2 cm³/mol. The molecule has 0 unspecified atom stereocenters. The number of rotatable bonds is 8. The van der Waals surface area contributed by atoms with Crippen LogP contribution in [-0.4, -0.2) is 37.5 Å². The van der Waals surface area contributed by atoms with Gasteiger partial charge in [-0.2, -0.15) is 0 Å². The van der Waals surface area contributed by atoms with Crippen molar-refractivity contribution in [2.24, 2.45) is 0 Å². The maximum atomic E-state index is 11.9. The van der Waals surface area contributed by atoms with Gasteiger partial charge < -0.3 is 15.4 Å². The smallest absolute Gasteiger partial charge is 0.305 e. The van der Waals surface area contributed by atoms with Gasteiger partial charge in [0.25, 0.3) is 5.91 Å². The number of benzene rings is 1. The van der Waals surface area contributed by atoms with E-state index in [-0.39, 0.29) is 24.2 Å². The zero-order chi connectivity index (χ0) is 17.4. The summed E-state index contributed by atoms with van der Waals surface area (Å²) in [7, 11) is 1.34. The first-order valence-corrected chi connectivity index (χ1v) is 8.02. The van der Waals surface area contributed by atoms with E-state index in [1.165, 1.54) is 13.2 Å². The molecule has 0 saturated heterocycles. The van der Waals surface area contributed by atoms with E-state index in [9.17, 15) is 14.4 Å². The Morgan fingerprint density at radius 2 is 1.92 bits per heavy atom. The highest BCUT2D eigenvalue weighted by molar-refractivity contribution is 5.95. The lowest BCUT2D eigenvalue weighted by atomic mass is 10.1. The fourth-order valence-corrected chi connectivity index (χ4v) is 2.02. The third-order valence-corrected chi connectivity index (χ3v) is 3.60. The number of hydrogen-bond acceptors (Lipinski definition) is 4. The Bertz CT molecular complexity index is 618. The van der Waals surface area contributed by atoms with Gasteiger partial charge in [-0.15, -0.1) is 0 Å². The third kappa shape index (κ3) is 6.24. The lowest BCUT2D eigenvalue weighted by Crippen LogP contribution is -2.25. The Morgan fingerprint density at radius 3 is 2.54 bits per heavy atom. The number of esters is 1. The van der Waals surface area contributed by atoms with Crippen LogP contribution >= 0.6 is 0 Å². The summed E-state index contributed by atoms with van der Waals surface area (Å²) < 4.78 is 4.52. The van der Waals surface area contributed by atoms with Gasteiger partial charge in [-0.3, -0.25) is 14.4 Å². The molecule has 0 radical (unpaired) electrons. The van der Waals surface area contributed by atoms with Crippen LogP contribution in [0.4, 0.5) is 0 Å². The van der Waals surface area contributed by atoms with Gasteiger partial charge in [0.1, 0.15) is 0 Å². The Balaban J connectivity index is 1.73. The van der Waals surface area contributed by atoms with Crippen molar-refractivity contribution in [2.45, 2.75) is 31.7 Å². The molecule has 1 aliphatic carbocycles.